The second kappa shape index (κ2) is 6.05. The molecule has 0 saturated carbocycles. The van der Waals surface area contributed by atoms with E-state index in [1.54, 1.807) is 37.4 Å². The number of ether oxygens (including phenoxy) is 2. The smallest absolute Gasteiger partial charge is 0.276 e. The van der Waals surface area contributed by atoms with Crippen LogP contribution in [0.2, 0.25) is 0 Å². The van der Waals surface area contributed by atoms with E-state index < -0.39 is 0 Å². The molecule has 0 fully saturated rings. The average molecular weight is 298 g/mol. The molecule has 1 aromatic carbocycles. The molecule has 0 unspecified atom stereocenters. The number of methoxy groups -OCH3 is 2. The summed E-state index contributed by atoms with van der Waals surface area (Å²) in [6.45, 7) is 0.665. The van der Waals surface area contributed by atoms with Crippen molar-refractivity contribution in [3.63, 3.8) is 0 Å². The SMILES string of the molecule is COc1cc(OC)c2c(c1)N(C(=O)c1ccccn1)CCC2. The van der Waals surface area contributed by atoms with Crippen molar-refractivity contribution < 1.29 is 14.3 Å². The lowest BCUT2D eigenvalue weighted by molar-refractivity contribution is 0.0980. The normalized spacial score (nSPS) is 13.5. The van der Waals surface area contributed by atoms with E-state index in [2.05, 4.69) is 4.98 Å². The van der Waals surface area contributed by atoms with Crippen LogP contribution in [0, 0.1) is 0 Å². The van der Waals surface area contributed by atoms with E-state index in [4.69, 9.17) is 9.47 Å². The van der Waals surface area contributed by atoms with Gasteiger partial charge >= 0.3 is 0 Å². The van der Waals surface area contributed by atoms with Crippen molar-refractivity contribution in [2.45, 2.75) is 12.8 Å². The Kier molecular flexibility index (Phi) is 3.96. The van der Waals surface area contributed by atoms with Gasteiger partial charge in [0.15, 0.2) is 0 Å². The third kappa shape index (κ3) is 2.50. The van der Waals surface area contributed by atoms with Gasteiger partial charge in [-0.25, -0.2) is 0 Å². The molecular formula is C17H18N2O3. The van der Waals surface area contributed by atoms with E-state index in [-0.39, 0.29) is 5.91 Å². The minimum absolute atomic E-state index is 0.100. The summed E-state index contributed by atoms with van der Waals surface area (Å²) in [7, 11) is 3.24. The summed E-state index contributed by atoms with van der Waals surface area (Å²) in [5, 5.41) is 0. The van der Waals surface area contributed by atoms with Gasteiger partial charge in [-0.15, -0.1) is 0 Å². The Balaban J connectivity index is 2.05. The molecule has 1 aliphatic heterocycles. The number of anilines is 1. The summed E-state index contributed by atoms with van der Waals surface area (Å²) in [4.78, 5) is 18.7. The van der Waals surface area contributed by atoms with E-state index in [0.29, 0.717) is 18.0 Å². The molecule has 1 amide bonds. The zero-order valence-corrected chi connectivity index (χ0v) is 12.7. The molecule has 0 aliphatic carbocycles. The number of hydrogen-bond acceptors (Lipinski definition) is 4. The van der Waals surface area contributed by atoms with Crippen molar-refractivity contribution in [2.24, 2.45) is 0 Å². The molecule has 22 heavy (non-hydrogen) atoms. The van der Waals surface area contributed by atoms with E-state index in [9.17, 15) is 4.79 Å². The molecule has 114 valence electrons. The molecule has 1 aromatic heterocycles. The molecule has 0 atom stereocenters. The predicted molar refractivity (Wildman–Crippen MR) is 83.8 cm³/mol. The maximum atomic E-state index is 12.7. The first-order valence-electron chi connectivity index (χ1n) is 7.22. The third-order valence-electron chi connectivity index (χ3n) is 3.84. The van der Waals surface area contributed by atoms with Crippen molar-refractivity contribution >= 4 is 11.6 Å². The second-order valence-electron chi connectivity index (χ2n) is 5.10. The Hall–Kier alpha value is -2.56. The largest absolute Gasteiger partial charge is 0.497 e. The molecule has 2 aromatic rings. The van der Waals surface area contributed by atoms with Crippen LogP contribution in [0.15, 0.2) is 36.5 Å². The first-order chi connectivity index (χ1) is 10.7. The van der Waals surface area contributed by atoms with Crippen molar-refractivity contribution in [3.05, 3.63) is 47.8 Å². The molecule has 0 N–H and O–H groups in total. The number of carbonyl (C=O) groups is 1. The summed E-state index contributed by atoms with van der Waals surface area (Å²) in [6, 6.07) is 9.09. The first kappa shape index (κ1) is 14.4. The summed E-state index contributed by atoms with van der Waals surface area (Å²) in [5.41, 5.74) is 2.33. The summed E-state index contributed by atoms with van der Waals surface area (Å²) >= 11 is 0. The molecule has 5 heteroatoms. The van der Waals surface area contributed by atoms with Gasteiger partial charge in [-0.2, -0.15) is 0 Å². The Morgan fingerprint density at radius 3 is 2.77 bits per heavy atom. The molecule has 1 aliphatic rings. The van der Waals surface area contributed by atoms with E-state index >= 15 is 0 Å². The van der Waals surface area contributed by atoms with Gasteiger partial charge in [0, 0.05) is 30.4 Å². The van der Waals surface area contributed by atoms with Crippen LogP contribution in [-0.2, 0) is 6.42 Å². The standard InChI is InChI=1S/C17H18N2O3/c1-21-12-10-15-13(16(11-12)22-2)6-5-9-19(15)17(20)14-7-3-4-8-18-14/h3-4,7-8,10-11H,5-6,9H2,1-2H3. The third-order valence-corrected chi connectivity index (χ3v) is 3.84. The predicted octanol–water partition coefficient (Wildman–Crippen LogP) is 2.69. The molecular weight excluding hydrogens is 280 g/mol. The van der Waals surface area contributed by atoms with Gasteiger partial charge in [0.2, 0.25) is 0 Å². The molecule has 2 heterocycles. The second-order valence-corrected chi connectivity index (χ2v) is 5.10. The lowest BCUT2D eigenvalue weighted by Gasteiger charge is -2.30. The lowest BCUT2D eigenvalue weighted by Crippen LogP contribution is -2.36. The minimum atomic E-state index is -0.100. The monoisotopic (exact) mass is 298 g/mol. The van der Waals surface area contributed by atoms with Crippen LogP contribution in [0.25, 0.3) is 0 Å². The minimum Gasteiger partial charge on any atom is -0.497 e. The fraction of sp³-hybridized carbons (Fsp3) is 0.294. The molecule has 0 spiro atoms. The average Bonchev–Trinajstić information content (AvgIpc) is 2.60. The van der Waals surface area contributed by atoms with Crippen LogP contribution in [0.4, 0.5) is 5.69 Å². The van der Waals surface area contributed by atoms with Crippen LogP contribution in [0.1, 0.15) is 22.5 Å². The number of pyridine rings is 1. The number of carbonyl (C=O) groups excluding carboxylic acids is 1. The molecule has 5 nitrogen and oxygen atoms in total. The number of hydrogen-bond donors (Lipinski definition) is 0. The van der Waals surface area contributed by atoms with Gasteiger partial charge in [-0.1, -0.05) is 6.07 Å². The molecule has 0 bridgehead atoms. The number of aromatic nitrogens is 1. The Morgan fingerprint density at radius 2 is 2.09 bits per heavy atom. The molecule has 0 saturated heterocycles. The highest BCUT2D eigenvalue weighted by atomic mass is 16.5. The van der Waals surface area contributed by atoms with E-state index in [1.807, 2.05) is 18.2 Å². The zero-order chi connectivity index (χ0) is 15.5. The van der Waals surface area contributed by atoms with Gasteiger partial charge < -0.3 is 14.4 Å². The maximum absolute atomic E-state index is 12.7. The van der Waals surface area contributed by atoms with Crippen molar-refractivity contribution in [1.82, 2.24) is 4.98 Å². The highest BCUT2D eigenvalue weighted by Gasteiger charge is 2.27. The Labute approximate surface area is 129 Å². The van der Waals surface area contributed by atoms with Gasteiger partial charge in [-0.05, 0) is 25.0 Å². The number of benzene rings is 1. The van der Waals surface area contributed by atoms with Gasteiger partial charge in [-0.3, -0.25) is 9.78 Å². The fourth-order valence-corrected chi connectivity index (χ4v) is 2.77. The van der Waals surface area contributed by atoms with E-state index in [1.165, 1.54) is 0 Å². The van der Waals surface area contributed by atoms with Gasteiger partial charge in [0.05, 0.1) is 19.9 Å². The van der Waals surface area contributed by atoms with E-state index in [0.717, 1.165) is 29.8 Å². The molecule has 0 radical (unpaired) electrons. The maximum Gasteiger partial charge on any atom is 0.276 e. The summed E-state index contributed by atoms with van der Waals surface area (Å²) in [5.74, 6) is 1.33. The lowest BCUT2D eigenvalue weighted by atomic mass is 9.99. The Bertz CT molecular complexity index is 686. The van der Waals surface area contributed by atoms with Crippen LogP contribution >= 0.6 is 0 Å². The van der Waals surface area contributed by atoms with Gasteiger partial charge in [0.1, 0.15) is 17.2 Å². The summed E-state index contributed by atoms with van der Waals surface area (Å²) < 4.78 is 10.8. The zero-order valence-electron chi connectivity index (χ0n) is 12.7. The number of nitrogens with zero attached hydrogens (tertiary/aromatic N) is 2. The fourth-order valence-electron chi connectivity index (χ4n) is 2.77. The van der Waals surface area contributed by atoms with Crippen LogP contribution in [-0.4, -0.2) is 31.7 Å². The van der Waals surface area contributed by atoms with Gasteiger partial charge in [0.25, 0.3) is 5.91 Å². The molecule has 3 rings (SSSR count). The van der Waals surface area contributed by atoms with Crippen LogP contribution in [0.3, 0.4) is 0 Å². The van der Waals surface area contributed by atoms with Crippen LogP contribution in [0.5, 0.6) is 11.5 Å². The van der Waals surface area contributed by atoms with Crippen molar-refractivity contribution in [1.29, 1.82) is 0 Å². The number of rotatable bonds is 3. The van der Waals surface area contributed by atoms with Crippen molar-refractivity contribution in [3.8, 4) is 11.5 Å². The van der Waals surface area contributed by atoms with Crippen LogP contribution < -0.4 is 14.4 Å². The Morgan fingerprint density at radius 1 is 1.23 bits per heavy atom. The first-order valence-corrected chi connectivity index (χ1v) is 7.22. The number of amides is 1. The highest BCUT2D eigenvalue weighted by Crippen LogP contribution is 2.38. The van der Waals surface area contributed by atoms with Crippen molar-refractivity contribution in [2.75, 3.05) is 25.7 Å². The summed E-state index contributed by atoms with van der Waals surface area (Å²) in [6.07, 6.45) is 3.41. The number of fused-ring (bicyclic) bond motifs is 1. The highest BCUT2D eigenvalue weighted by molar-refractivity contribution is 6.05. The quantitative estimate of drug-likeness (QED) is 0.874. The topological polar surface area (TPSA) is 51.7 Å².